The summed E-state index contributed by atoms with van der Waals surface area (Å²) < 4.78 is 23.4. The number of hydrogen-bond acceptors (Lipinski definition) is 6. The van der Waals surface area contributed by atoms with Gasteiger partial charge in [-0.2, -0.15) is 0 Å². The zero-order valence-corrected chi connectivity index (χ0v) is 57.3. The van der Waals surface area contributed by atoms with Gasteiger partial charge in [-0.1, -0.05) is 300 Å². The van der Waals surface area contributed by atoms with Gasteiger partial charge in [0, 0.05) is 6.42 Å². The molecule has 3 unspecified atom stereocenters. The van der Waals surface area contributed by atoms with Crippen molar-refractivity contribution in [2.45, 2.75) is 276 Å². The largest absolute Gasteiger partial charge is 0.756 e. The van der Waals surface area contributed by atoms with E-state index in [9.17, 15) is 19.4 Å². The van der Waals surface area contributed by atoms with E-state index in [1.807, 2.05) is 27.2 Å². The minimum atomic E-state index is -4.64. The van der Waals surface area contributed by atoms with Gasteiger partial charge in [0.15, 0.2) is 0 Å². The second-order valence-electron chi connectivity index (χ2n) is 24.1. The summed E-state index contributed by atoms with van der Waals surface area (Å²) >= 11 is 0. The fraction of sp³-hybridized carbons (Fsp3) is 0.628. The summed E-state index contributed by atoms with van der Waals surface area (Å²) in [7, 11) is 1.19. The van der Waals surface area contributed by atoms with Crippen molar-refractivity contribution < 1.29 is 32.9 Å². The van der Waals surface area contributed by atoms with Crippen LogP contribution in [0, 0.1) is 0 Å². The van der Waals surface area contributed by atoms with Crippen molar-refractivity contribution in [2.24, 2.45) is 0 Å². The Bertz CT molecular complexity index is 2020. The number of nitrogens with zero attached hydrogens (tertiary/aromatic N) is 1. The molecule has 3 atom stereocenters. The van der Waals surface area contributed by atoms with Crippen LogP contribution in [0.1, 0.15) is 264 Å². The molecule has 87 heavy (non-hydrogen) atoms. The first-order chi connectivity index (χ1) is 42.5. The normalized spacial score (nSPS) is 14.7. The van der Waals surface area contributed by atoms with Gasteiger partial charge in [-0.25, -0.2) is 0 Å². The van der Waals surface area contributed by atoms with Gasteiger partial charge in [0.05, 0.1) is 39.9 Å². The van der Waals surface area contributed by atoms with Gasteiger partial charge in [-0.15, -0.1) is 0 Å². The number of quaternary nitrogens is 1. The minimum absolute atomic E-state index is 0.0253. The van der Waals surface area contributed by atoms with Crippen molar-refractivity contribution >= 4 is 13.7 Å². The maximum atomic E-state index is 13.0. The lowest BCUT2D eigenvalue weighted by Gasteiger charge is -2.29. The predicted molar refractivity (Wildman–Crippen MR) is 380 cm³/mol. The Balaban J connectivity index is 4.29. The number of allylic oxidation sites excluding steroid dienone is 27. The molecule has 0 heterocycles. The molecule has 0 bridgehead atoms. The summed E-state index contributed by atoms with van der Waals surface area (Å²) in [5.41, 5.74) is 0. The Labute approximate surface area is 536 Å². The van der Waals surface area contributed by atoms with Gasteiger partial charge >= 0.3 is 0 Å². The first-order valence-corrected chi connectivity index (χ1v) is 36.5. The van der Waals surface area contributed by atoms with E-state index in [2.05, 4.69) is 177 Å². The van der Waals surface area contributed by atoms with Crippen molar-refractivity contribution in [3.05, 3.63) is 170 Å². The van der Waals surface area contributed by atoms with Crippen LogP contribution in [0.25, 0.3) is 0 Å². The molecule has 494 valence electrons. The Hall–Kier alpha value is -4.14. The summed E-state index contributed by atoms with van der Waals surface area (Å²) in [6.07, 6.45) is 105. The molecule has 0 spiro atoms. The van der Waals surface area contributed by atoms with Crippen LogP contribution >= 0.6 is 7.82 Å². The average molecular weight is 1220 g/mol. The highest BCUT2D eigenvalue weighted by atomic mass is 31.2. The van der Waals surface area contributed by atoms with Crippen molar-refractivity contribution in [1.82, 2.24) is 5.32 Å². The molecular formula is C78H131N2O6P. The van der Waals surface area contributed by atoms with Crippen LogP contribution in [0.15, 0.2) is 170 Å². The third-order valence-electron chi connectivity index (χ3n) is 14.6. The Kier molecular flexibility index (Phi) is 63.1. The van der Waals surface area contributed by atoms with Crippen LogP contribution < -0.4 is 10.2 Å². The van der Waals surface area contributed by atoms with Crippen molar-refractivity contribution in [3.8, 4) is 0 Å². The number of unbranched alkanes of at least 4 members (excludes halogenated alkanes) is 23. The fourth-order valence-electron chi connectivity index (χ4n) is 9.25. The number of hydrogen-bond donors (Lipinski definition) is 2. The highest BCUT2D eigenvalue weighted by Crippen LogP contribution is 2.38. The first kappa shape index (κ1) is 82.9. The van der Waals surface area contributed by atoms with E-state index in [1.54, 1.807) is 6.08 Å². The topological polar surface area (TPSA) is 108 Å². The average Bonchev–Trinajstić information content (AvgIpc) is 3.70. The molecule has 0 aromatic heterocycles. The van der Waals surface area contributed by atoms with Crippen LogP contribution in [0.4, 0.5) is 0 Å². The van der Waals surface area contributed by atoms with Gasteiger partial charge in [0.25, 0.3) is 7.82 Å². The van der Waals surface area contributed by atoms with E-state index in [0.29, 0.717) is 23.9 Å². The molecule has 0 saturated carbocycles. The number of aliphatic hydroxyl groups is 1. The molecule has 0 aliphatic carbocycles. The van der Waals surface area contributed by atoms with E-state index < -0.39 is 26.6 Å². The summed E-state index contributed by atoms with van der Waals surface area (Å²) in [5, 5.41) is 13.9. The van der Waals surface area contributed by atoms with Gasteiger partial charge in [-0.05, 0) is 128 Å². The number of aliphatic hydroxyl groups excluding tert-OH is 1. The van der Waals surface area contributed by atoms with E-state index in [-0.39, 0.29) is 18.9 Å². The molecule has 0 aromatic carbocycles. The standard InChI is InChI=1S/C78H131N2O6P/c1-6-8-10-12-14-16-18-20-22-24-26-28-30-32-34-36-37-38-39-40-41-42-43-44-46-48-50-52-54-56-58-60-62-64-66-68-70-72-78(82)79-76(75-86-87(83,84)85-74-73-80(3,4)5)77(81)71-69-67-65-63-61-59-57-55-53-51-49-47-45-35-33-31-29-27-25-23-21-19-17-15-13-11-9-7-2/h8,10,14,16,20,22,26,28,32,34,37-38,40-41,43-44,48,50,53-56,60-63,69,71,76-77,81H,6-7,9,11-13,15,17-19,21,23-25,27,29-31,33,35-36,39,42,45-47,49,51-52,57-59,64-68,70,72-75H2,1-5H3,(H-,79,82,83,84)/b10-8-,16-14-,22-20-,28-26-,34-32-,38-37-,41-40-,44-43-,50-48-,55-53+,56-54-,62-60-,63-61+,71-69+. The van der Waals surface area contributed by atoms with Gasteiger partial charge in [-0.3, -0.25) is 9.36 Å². The molecule has 0 aliphatic rings. The number of phosphoric ester groups is 1. The lowest BCUT2D eigenvalue weighted by molar-refractivity contribution is -0.870. The summed E-state index contributed by atoms with van der Waals surface area (Å²) in [4.78, 5) is 25.6. The maximum Gasteiger partial charge on any atom is 0.268 e. The molecule has 0 aromatic rings. The number of amides is 1. The smallest absolute Gasteiger partial charge is 0.268 e. The number of carbonyl (C=O) groups excluding carboxylic acids is 1. The molecule has 8 nitrogen and oxygen atoms in total. The number of rotatable bonds is 62. The SMILES string of the molecule is CC/C=C\C/C=C\C/C=C\C/C=C\C/C=C\C/C=C\C/C=C\C/C=C\C/C=C\C/C=C\C/C=C\CCCCCC(=O)NC(COP(=O)([O-])OCC[N+](C)(C)C)C(O)/C=C/CC/C=C/CC/C=C/CCCCCCCCCCCCCCCCCCCC. The molecular weight excluding hydrogens is 1090 g/mol. The molecule has 0 radical (unpaired) electrons. The highest BCUT2D eigenvalue weighted by molar-refractivity contribution is 7.45. The number of phosphoric acid groups is 1. The Morgan fingerprint density at radius 1 is 0.414 bits per heavy atom. The second kappa shape index (κ2) is 66.3. The van der Waals surface area contributed by atoms with Gasteiger partial charge < -0.3 is 28.8 Å². The number of nitrogens with one attached hydrogen (secondary N) is 1. The first-order valence-electron chi connectivity index (χ1n) is 35.0. The quantitative estimate of drug-likeness (QED) is 0.0272. The summed E-state index contributed by atoms with van der Waals surface area (Å²) in [6.45, 7) is 4.48. The molecule has 0 saturated heterocycles. The molecule has 9 heteroatoms. The molecule has 1 amide bonds. The maximum absolute atomic E-state index is 13.0. The summed E-state index contributed by atoms with van der Waals surface area (Å²) in [5.74, 6) is -0.249. The number of likely N-dealkylation sites (N-methyl/N-ethyl adjacent to an activating group) is 1. The van der Waals surface area contributed by atoms with E-state index >= 15 is 0 Å². The van der Waals surface area contributed by atoms with Crippen molar-refractivity contribution in [3.63, 3.8) is 0 Å². The van der Waals surface area contributed by atoms with Crippen LogP contribution in [0.5, 0.6) is 0 Å². The van der Waals surface area contributed by atoms with Gasteiger partial charge in [0.1, 0.15) is 13.2 Å². The second-order valence-corrected chi connectivity index (χ2v) is 25.5. The van der Waals surface area contributed by atoms with Crippen molar-refractivity contribution in [2.75, 3.05) is 40.9 Å². The lowest BCUT2D eigenvalue weighted by Crippen LogP contribution is -2.45. The third kappa shape index (κ3) is 69.2. The van der Waals surface area contributed by atoms with Crippen LogP contribution in [-0.4, -0.2) is 68.5 Å². The van der Waals surface area contributed by atoms with Crippen molar-refractivity contribution in [1.29, 1.82) is 0 Å². The predicted octanol–water partition coefficient (Wildman–Crippen LogP) is 22.1. The highest BCUT2D eigenvalue weighted by Gasteiger charge is 2.23. The monoisotopic (exact) mass is 1220 g/mol. The Morgan fingerprint density at radius 2 is 0.713 bits per heavy atom. The Morgan fingerprint density at radius 3 is 1.07 bits per heavy atom. The van der Waals surface area contributed by atoms with Gasteiger partial charge in [0.2, 0.25) is 5.91 Å². The zero-order chi connectivity index (χ0) is 63.4. The summed E-state index contributed by atoms with van der Waals surface area (Å²) in [6, 6.07) is -0.943. The van der Waals surface area contributed by atoms with Crippen LogP contribution in [-0.2, 0) is 18.4 Å². The fourth-order valence-corrected chi connectivity index (χ4v) is 9.97. The molecule has 2 N–H and O–H groups in total. The van der Waals surface area contributed by atoms with E-state index in [0.717, 1.165) is 109 Å². The van der Waals surface area contributed by atoms with Crippen LogP contribution in [0.2, 0.25) is 0 Å². The van der Waals surface area contributed by atoms with E-state index in [1.165, 1.54) is 122 Å². The zero-order valence-electron chi connectivity index (χ0n) is 56.4. The third-order valence-corrected chi connectivity index (χ3v) is 15.6. The minimum Gasteiger partial charge on any atom is -0.756 e. The molecule has 0 aliphatic heterocycles. The lowest BCUT2D eigenvalue weighted by atomic mass is 10.0. The molecule has 0 rings (SSSR count). The molecule has 0 fully saturated rings. The van der Waals surface area contributed by atoms with E-state index in [4.69, 9.17) is 9.05 Å². The van der Waals surface area contributed by atoms with Crippen LogP contribution in [0.3, 0.4) is 0 Å². The number of carbonyl (C=O) groups is 1.